The number of rotatable bonds is 12. The summed E-state index contributed by atoms with van der Waals surface area (Å²) < 4.78 is 0. The molecular formula is C26H37NO2. The predicted molar refractivity (Wildman–Crippen MR) is 122 cm³/mol. The highest BCUT2D eigenvalue weighted by Crippen LogP contribution is 2.35. The minimum atomic E-state index is -0.725. The predicted octanol–water partition coefficient (Wildman–Crippen LogP) is 6.44. The molecule has 1 fully saturated rings. The van der Waals surface area contributed by atoms with Gasteiger partial charge in [-0.15, -0.1) is 0 Å². The molecule has 158 valence electrons. The molecule has 0 spiro atoms. The highest BCUT2D eigenvalue weighted by Gasteiger charge is 2.25. The zero-order valence-corrected chi connectivity index (χ0v) is 18.0. The highest BCUT2D eigenvalue weighted by atomic mass is 16.4. The van der Waals surface area contributed by atoms with Gasteiger partial charge in [0.2, 0.25) is 0 Å². The number of unbranched alkanes of at least 4 members (excludes halogenated alkanes) is 5. The molecule has 29 heavy (non-hydrogen) atoms. The maximum absolute atomic E-state index is 10.7. The fourth-order valence-electron chi connectivity index (χ4n) is 4.69. The molecule has 0 aromatic heterocycles. The van der Waals surface area contributed by atoms with E-state index in [-0.39, 0.29) is 6.42 Å². The van der Waals surface area contributed by atoms with Crippen molar-refractivity contribution in [1.29, 1.82) is 0 Å². The van der Waals surface area contributed by atoms with Crippen molar-refractivity contribution in [2.24, 2.45) is 0 Å². The maximum Gasteiger partial charge on any atom is 0.304 e. The first-order valence-electron chi connectivity index (χ1n) is 11.6. The number of aryl methyl sites for hydroxylation is 1. The minimum absolute atomic E-state index is 0.207. The molecule has 2 atom stereocenters. The number of hydrogen-bond donors (Lipinski definition) is 2. The number of hydrogen-bond acceptors (Lipinski definition) is 2. The molecule has 3 heteroatoms. The second kappa shape index (κ2) is 11.3. The summed E-state index contributed by atoms with van der Waals surface area (Å²) in [6.45, 7) is 2.84. The van der Waals surface area contributed by atoms with Crippen LogP contribution < -0.4 is 5.32 Å². The van der Waals surface area contributed by atoms with Gasteiger partial charge >= 0.3 is 5.97 Å². The molecular weight excluding hydrogens is 358 g/mol. The van der Waals surface area contributed by atoms with Gasteiger partial charge in [-0.3, -0.25) is 4.79 Å². The summed E-state index contributed by atoms with van der Waals surface area (Å²) in [6.07, 6.45) is 12.9. The number of carboxylic acid groups (broad SMARTS) is 1. The van der Waals surface area contributed by atoms with Crippen molar-refractivity contribution >= 4 is 16.7 Å². The van der Waals surface area contributed by atoms with Gasteiger partial charge < -0.3 is 10.4 Å². The van der Waals surface area contributed by atoms with Crippen LogP contribution in [-0.4, -0.2) is 23.7 Å². The van der Waals surface area contributed by atoms with Gasteiger partial charge in [-0.2, -0.15) is 0 Å². The number of carbonyl (C=O) groups is 1. The van der Waals surface area contributed by atoms with Gasteiger partial charge in [0.15, 0.2) is 0 Å². The summed E-state index contributed by atoms with van der Waals surface area (Å²) in [5, 5.41) is 14.9. The smallest absolute Gasteiger partial charge is 0.304 e. The Hall–Kier alpha value is -1.87. The summed E-state index contributed by atoms with van der Waals surface area (Å²) in [4.78, 5) is 10.7. The van der Waals surface area contributed by atoms with Crippen LogP contribution in [0, 0.1) is 0 Å². The first-order valence-corrected chi connectivity index (χ1v) is 11.6. The first kappa shape index (κ1) is 21.8. The zero-order valence-electron chi connectivity index (χ0n) is 18.0. The molecule has 1 aliphatic carbocycles. The van der Waals surface area contributed by atoms with Gasteiger partial charge in [-0.25, -0.2) is 0 Å². The van der Waals surface area contributed by atoms with Crippen molar-refractivity contribution < 1.29 is 9.90 Å². The Morgan fingerprint density at radius 3 is 2.59 bits per heavy atom. The summed E-state index contributed by atoms with van der Waals surface area (Å²) in [6, 6.07) is 14.4. The lowest BCUT2D eigenvalue weighted by molar-refractivity contribution is -0.136. The van der Waals surface area contributed by atoms with E-state index in [1.54, 1.807) is 0 Å². The molecule has 1 saturated carbocycles. The Morgan fingerprint density at radius 1 is 1.00 bits per heavy atom. The summed E-state index contributed by atoms with van der Waals surface area (Å²) in [5.41, 5.74) is 2.90. The third-order valence-electron chi connectivity index (χ3n) is 6.42. The lowest BCUT2D eigenvalue weighted by Crippen LogP contribution is -2.28. The van der Waals surface area contributed by atoms with E-state index in [1.165, 1.54) is 73.3 Å². The molecule has 0 radical (unpaired) electrons. The lowest BCUT2D eigenvalue weighted by Gasteiger charge is -2.14. The van der Waals surface area contributed by atoms with E-state index < -0.39 is 5.97 Å². The van der Waals surface area contributed by atoms with E-state index in [9.17, 15) is 4.79 Å². The Morgan fingerprint density at radius 2 is 1.76 bits per heavy atom. The van der Waals surface area contributed by atoms with Crippen LogP contribution in [0.5, 0.6) is 0 Å². The van der Waals surface area contributed by atoms with Crippen LogP contribution in [0.1, 0.15) is 88.2 Å². The molecule has 0 amide bonds. The minimum Gasteiger partial charge on any atom is -0.481 e. The molecule has 0 heterocycles. The van der Waals surface area contributed by atoms with Crippen molar-refractivity contribution in [1.82, 2.24) is 5.32 Å². The van der Waals surface area contributed by atoms with Crippen LogP contribution in [0.25, 0.3) is 10.8 Å². The second-order valence-corrected chi connectivity index (χ2v) is 8.76. The Kier molecular flexibility index (Phi) is 8.54. The standard InChI is InChI=1S/C26H37NO2/c1-2-3-4-5-6-7-8-20-9-10-22-18-23(12-11-21(22)17-20)24-13-14-25(19-24)27-16-15-26(28)29/h9-12,17-18,24-25,27H,2-8,13-16,19H2,1H3,(H,28,29). The Bertz CT molecular complexity index is 785. The molecule has 2 unspecified atom stereocenters. The van der Waals surface area contributed by atoms with E-state index in [0.29, 0.717) is 18.5 Å². The molecule has 3 rings (SSSR count). The molecule has 2 aromatic rings. The number of carboxylic acids is 1. The molecule has 0 aliphatic heterocycles. The van der Waals surface area contributed by atoms with Gasteiger partial charge in [0.25, 0.3) is 0 Å². The third-order valence-corrected chi connectivity index (χ3v) is 6.42. The number of fused-ring (bicyclic) bond motifs is 1. The SMILES string of the molecule is CCCCCCCCc1ccc2cc(C3CCC(NCCC(=O)O)C3)ccc2c1. The van der Waals surface area contributed by atoms with E-state index >= 15 is 0 Å². The van der Waals surface area contributed by atoms with Gasteiger partial charge in [0.1, 0.15) is 0 Å². The molecule has 2 N–H and O–H groups in total. The fourth-order valence-corrected chi connectivity index (χ4v) is 4.69. The van der Waals surface area contributed by atoms with Crippen molar-refractivity contribution in [3.05, 3.63) is 47.5 Å². The Balaban J connectivity index is 1.51. The topological polar surface area (TPSA) is 49.3 Å². The fraction of sp³-hybridized carbons (Fsp3) is 0.577. The van der Waals surface area contributed by atoms with E-state index in [1.807, 2.05) is 0 Å². The second-order valence-electron chi connectivity index (χ2n) is 8.76. The van der Waals surface area contributed by atoms with E-state index in [0.717, 1.165) is 12.8 Å². The van der Waals surface area contributed by atoms with Crippen molar-refractivity contribution in [2.45, 2.75) is 89.5 Å². The monoisotopic (exact) mass is 395 g/mol. The molecule has 0 bridgehead atoms. The number of aliphatic carboxylic acids is 1. The van der Waals surface area contributed by atoms with E-state index in [4.69, 9.17) is 5.11 Å². The summed E-state index contributed by atoms with van der Waals surface area (Å²) in [5.74, 6) is -0.137. The van der Waals surface area contributed by atoms with Gasteiger partial charge in [0.05, 0.1) is 6.42 Å². The molecule has 0 saturated heterocycles. The van der Waals surface area contributed by atoms with Gasteiger partial charge in [0, 0.05) is 12.6 Å². The molecule has 3 nitrogen and oxygen atoms in total. The zero-order chi connectivity index (χ0) is 20.5. The summed E-state index contributed by atoms with van der Waals surface area (Å²) in [7, 11) is 0. The highest BCUT2D eigenvalue weighted by molar-refractivity contribution is 5.84. The maximum atomic E-state index is 10.7. The largest absolute Gasteiger partial charge is 0.481 e. The Labute approximate surface area is 175 Å². The van der Waals surface area contributed by atoms with Gasteiger partial charge in [-0.1, -0.05) is 75.4 Å². The average molecular weight is 396 g/mol. The lowest BCUT2D eigenvalue weighted by atomic mass is 9.94. The average Bonchev–Trinajstić information content (AvgIpc) is 3.19. The number of benzene rings is 2. The molecule has 1 aliphatic rings. The van der Waals surface area contributed by atoms with Crippen LogP contribution in [-0.2, 0) is 11.2 Å². The van der Waals surface area contributed by atoms with Gasteiger partial charge in [-0.05, 0) is 59.9 Å². The van der Waals surface area contributed by atoms with Crippen LogP contribution in [0.2, 0.25) is 0 Å². The quantitative estimate of drug-likeness (QED) is 0.406. The first-order chi connectivity index (χ1) is 14.2. The normalized spacial score (nSPS) is 19.1. The summed E-state index contributed by atoms with van der Waals surface area (Å²) >= 11 is 0. The molecule has 2 aromatic carbocycles. The van der Waals surface area contributed by atoms with Crippen molar-refractivity contribution in [3.8, 4) is 0 Å². The van der Waals surface area contributed by atoms with Crippen molar-refractivity contribution in [2.75, 3.05) is 6.54 Å². The van der Waals surface area contributed by atoms with E-state index in [2.05, 4.69) is 48.6 Å². The van der Waals surface area contributed by atoms with Crippen LogP contribution in [0.15, 0.2) is 36.4 Å². The third kappa shape index (κ3) is 6.85. The van der Waals surface area contributed by atoms with Crippen molar-refractivity contribution in [3.63, 3.8) is 0 Å². The van der Waals surface area contributed by atoms with Crippen LogP contribution >= 0.6 is 0 Å². The number of nitrogens with one attached hydrogen (secondary N) is 1. The van der Waals surface area contributed by atoms with Crippen LogP contribution in [0.4, 0.5) is 0 Å². The van der Waals surface area contributed by atoms with Crippen LogP contribution in [0.3, 0.4) is 0 Å².